The first-order valence-corrected chi connectivity index (χ1v) is 9.45. The molecule has 1 heterocycles. The summed E-state index contributed by atoms with van der Waals surface area (Å²) in [5, 5.41) is -0.225. The summed E-state index contributed by atoms with van der Waals surface area (Å²) in [6.45, 7) is 1.35. The number of halogens is 2. The number of benzene rings is 1. The first-order valence-electron chi connectivity index (χ1n) is 7.67. The first-order chi connectivity index (χ1) is 12.3. The lowest BCUT2D eigenvalue weighted by Gasteiger charge is -2.17. The number of hydrogen-bond donors (Lipinski definition) is 0. The predicted molar refractivity (Wildman–Crippen MR) is 100 cm³/mol. The Morgan fingerprint density at radius 2 is 2.04 bits per heavy atom. The van der Waals surface area contributed by atoms with E-state index in [2.05, 4.69) is 4.74 Å². The highest BCUT2D eigenvalue weighted by Crippen LogP contribution is 2.27. The zero-order valence-corrected chi connectivity index (χ0v) is 16.1. The van der Waals surface area contributed by atoms with Crippen LogP contribution in [0.25, 0.3) is 11.1 Å². The summed E-state index contributed by atoms with van der Waals surface area (Å²) < 4.78 is 20.6. The van der Waals surface area contributed by atoms with Crippen molar-refractivity contribution in [2.24, 2.45) is 0 Å². The van der Waals surface area contributed by atoms with Gasteiger partial charge in [-0.3, -0.25) is 18.7 Å². The van der Waals surface area contributed by atoms with E-state index < -0.39 is 29.1 Å². The smallest absolute Gasteiger partial charge is 0.331 e. The van der Waals surface area contributed by atoms with Crippen LogP contribution < -0.4 is 11.2 Å². The van der Waals surface area contributed by atoms with E-state index in [-0.39, 0.29) is 22.7 Å². The summed E-state index contributed by atoms with van der Waals surface area (Å²) in [5.41, 5.74) is -1.05. The normalized spacial score (nSPS) is 12.0. The molecule has 1 aromatic heterocycles. The third kappa shape index (κ3) is 4.02. The van der Waals surface area contributed by atoms with Crippen LogP contribution >= 0.6 is 23.4 Å². The van der Waals surface area contributed by atoms with Crippen molar-refractivity contribution in [2.45, 2.75) is 19.5 Å². The minimum Gasteiger partial charge on any atom is -0.468 e. The van der Waals surface area contributed by atoms with E-state index in [9.17, 15) is 18.8 Å². The molecular weight excluding hydrogens is 383 g/mol. The van der Waals surface area contributed by atoms with Gasteiger partial charge in [0.05, 0.1) is 17.7 Å². The van der Waals surface area contributed by atoms with E-state index in [0.717, 1.165) is 9.13 Å². The zero-order valence-electron chi connectivity index (χ0n) is 14.5. The number of carbonyl (C=O) groups excluding carboxylic acids is 1. The van der Waals surface area contributed by atoms with Crippen molar-refractivity contribution in [1.29, 1.82) is 0 Å². The number of carbonyl (C=O) groups is 1. The number of methoxy groups -OCH3 is 1. The fourth-order valence-corrected chi connectivity index (χ4v) is 3.40. The molecule has 0 aliphatic carbocycles. The highest BCUT2D eigenvalue weighted by atomic mass is 35.5. The number of hydrogen-bond acceptors (Lipinski definition) is 5. The Balaban J connectivity index is 2.79. The molecule has 1 unspecified atom stereocenters. The summed E-state index contributed by atoms with van der Waals surface area (Å²) in [5.74, 6) is -0.822. The molecule has 26 heavy (non-hydrogen) atoms. The topological polar surface area (TPSA) is 70.3 Å². The third-order valence-corrected chi connectivity index (χ3v) is 5.00. The molecular formula is C17H18ClFN2O4S. The number of thioether (sulfide) groups is 1. The van der Waals surface area contributed by atoms with Gasteiger partial charge >= 0.3 is 11.7 Å². The number of aromatic nitrogens is 2. The maximum absolute atomic E-state index is 13.8. The number of rotatable bonds is 6. The number of esters is 1. The second-order valence-electron chi connectivity index (χ2n) is 5.61. The molecule has 0 spiro atoms. The van der Waals surface area contributed by atoms with Gasteiger partial charge in [0.2, 0.25) is 0 Å². The van der Waals surface area contributed by atoms with E-state index in [4.69, 9.17) is 11.6 Å². The Kier molecular flexibility index (Phi) is 6.66. The SMILES string of the molecule is COC(=O)Cn1cc(-c2cccc(F)c2Cl)c(=O)n(C(C)CSC)c1=O. The summed E-state index contributed by atoms with van der Waals surface area (Å²) in [7, 11) is 1.20. The van der Waals surface area contributed by atoms with Gasteiger partial charge in [-0.25, -0.2) is 9.18 Å². The molecule has 0 bridgehead atoms. The maximum atomic E-state index is 13.8. The van der Waals surface area contributed by atoms with Gasteiger partial charge in [0.1, 0.15) is 12.4 Å². The Labute approximate surface area is 158 Å². The van der Waals surface area contributed by atoms with E-state index in [1.165, 1.54) is 43.3 Å². The summed E-state index contributed by atoms with van der Waals surface area (Å²) in [4.78, 5) is 37.2. The molecule has 140 valence electrons. The molecule has 0 aliphatic heterocycles. The lowest BCUT2D eigenvalue weighted by Crippen LogP contribution is -2.43. The molecule has 0 radical (unpaired) electrons. The van der Waals surface area contributed by atoms with Crippen LogP contribution in [0.1, 0.15) is 13.0 Å². The lowest BCUT2D eigenvalue weighted by atomic mass is 10.1. The molecule has 2 aromatic rings. The van der Waals surface area contributed by atoms with Crippen LogP contribution in [-0.4, -0.2) is 34.2 Å². The van der Waals surface area contributed by atoms with Gasteiger partial charge < -0.3 is 4.74 Å². The molecule has 0 amide bonds. The maximum Gasteiger partial charge on any atom is 0.331 e. The first kappa shape index (κ1) is 20.3. The average molecular weight is 401 g/mol. The molecule has 0 saturated carbocycles. The van der Waals surface area contributed by atoms with Gasteiger partial charge in [0, 0.05) is 23.6 Å². The van der Waals surface area contributed by atoms with Gasteiger partial charge in [0.15, 0.2) is 0 Å². The lowest BCUT2D eigenvalue weighted by molar-refractivity contribution is -0.141. The van der Waals surface area contributed by atoms with Crippen LogP contribution in [0.2, 0.25) is 5.02 Å². The van der Waals surface area contributed by atoms with Crippen molar-refractivity contribution >= 4 is 29.3 Å². The van der Waals surface area contributed by atoms with Crippen LogP contribution in [0.5, 0.6) is 0 Å². The van der Waals surface area contributed by atoms with Gasteiger partial charge in [-0.2, -0.15) is 11.8 Å². The van der Waals surface area contributed by atoms with Crippen LogP contribution in [0.4, 0.5) is 4.39 Å². The molecule has 9 heteroatoms. The van der Waals surface area contributed by atoms with E-state index in [1.807, 2.05) is 6.26 Å². The largest absolute Gasteiger partial charge is 0.468 e. The summed E-state index contributed by atoms with van der Waals surface area (Å²) in [6.07, 6.45) is 3.06. The molecule has 0 N–H and O–H groups in total. The second kappa shape index (κ2) is 8.55. The number of ether oxygens (including phenoxy) is 1. The van der Waals surface area contributed by atoms with Gasteiger partial charge in [-0.15, -0.1) is 0 Å². The Morgan fingerprint density at radius 3 is 2.65 bits per heavy atom. The minimum atomic E-state index is -0.682. The van der Waals surface area contributed by atoms with Crippen molar-refractivity contribution in [3.8, 4) is 11.1 Å². The fourth-order valence-electron chi connectivity index (χ4n) is 2.54. The average Bonchev–Trinajstić information content (AvgIpc) is 2.60. The van der Waals surface area contributed by atoms with Crippen molar-refractivity contribution in [3.63, 3.8) is 0 Å². The zero-order chi connectivity index (χ0) is 19.4. The summed E-state index contributed by atoms with van der Waals surface area (Å²) >= 11 is 7.48. The molecule has 0 aliphatic rings. The van der Waals surface area contributed by atoms with Crippen molar-refractivity contribution in [2.75, 3.05) is 19.1 Å². The van der Waals surface area contributed by atoms with Crippen LogP contribution in [0.15, 0.2) is 34.0 Å². The van der Waals surface area contributed by atoms with E-state index in [1.54, 1.807) is 6.92 Å². The molecule has 1 aromatic carbocycles. The van der Waals surface area contributed by atoms with Gasteiger partial charge in [0.25, 0.3) is 5.56 Å². The highest BCUT2D eigenvalue weighted by Gasteiger charge is 2.20. The molecule has 6 nitrogen and oxygen atoms in total. The molecule has 0 saturated heterocycles. The Morgan fingerprint density at radius 1 is 1.35 bits per heavy atom. The third-order valence-electron chi connectivity index (χ3n) is 3.80. The van der Waals surface area contributed by atoms with Crippen LogP contribution in [-0.2, 0) is 16.1 Å². The quantitative estimate of drug-likeness (QED) is 0.697. The summed E-state index contributed by atoms with van der Waals surface area (Å²) in [6, 6.07) is 3.65. The van der Waals surface area contributed by atoms with Crippen LogP contribution in [0.3, 0.4) is 0 Å². The second-order valence-corrected chi connectivity index (χ2v) is 6.90. The fraction of sp³-hybridized carbons (Fsp3) is 0.353. The predicted octanol–water partition coefficient (Wildman–Crippen LogP) is 2.57. The van der Waals surface area contributed by atoms with E-state index in [0.29, 0.717) is 5.75 Å². The highest BCUT2D eigenvalue weighted by molar-refractivity contribution is 7.98. The minimum absolute atomic E-state index is 0.0333. The molecule has 1 atom stereocenters. The Bertz CT molecular complexity index is 941. The van der Waals surface area contributed by atoms with Crippen LogP contribution in [0, 0.1) is 5.82 Å². The van der Waals surface area contributed by atoms with Gasteiger partial charge in [-0.05, 0) is 19.2 Å². The van der Waals surface area contributed by atoms with Crippen molar-refractivity contribution in [3.05, 3.63) is 56.1 Å². The van der Waals surface area contributed by atoms with Crippen molar-refractivity contribution < 1.29 is 13.9 Å². The van der Waals surface area contributed by atoms with Crippen molar-refractivity contribution in [1.82, 2.24) is 9.13 Å². The standard InChI is InChI=1S/C17H18ClFN2O4S/c1-10(9-26-3)21-16(23)12(11-5-4-6-13(19)15(11)18)7-20(17(21)24)8-14(22)25-2/h4-7,10H,8-9H2,1-3H3. The van der Waals surface area contributed by atoms with Gasteiger partial charge in [-0.1, -0.05) is 23.7 Å². The molecule has 0 fully saturated rings. The number of nitrogens with zero attached hydrogens (tertiary/aromatic N) is 2. The monoisotopic (exact) mass is 400 g/mol. The molecule has 2 rings (SSSR count). The Hall–Kier alpha value is -2.06. The van der Waals surface area contributed by atoms with E-state index >= 15 is 0 Å².